The zero-order chi connectivity index (χ0) is 22.0. The van der Waals surface area contributed by atoms with Crippen LogP contribution in [-0.2, 0) is 9.53 Å². The van der Waals surface area contributed by atoms with E-state index in [2.05, 4.69) is 4.99 Å². The predicted molar refractivity (Wildman–Crippen MR) is 124 cm³/mol. The van der Waals surface area contributed by atoms with Crippen molar-refractivity contribution >= 4 is 41.1 Å². The Morgan fingerprint density at radius 1 is 1.16 bits per heavy atom. The molecule has 156 valence electrons. The summed E-state index contributed by atoms with van der Waals surface area (Å²) in [5, 5.41) is 0.460. The molecular formula is C24H19ClN2O3S. The van der Waals surface area contributed by atoms with E-state index in [0.717, 1.165) is 5.56 Å². The van der Waals surface area contributed by atoms with Gasteiger partial charge in [0.2, 0.25) is 0 Å². The number of nitrogens with zero attached hydrogens (tertiary/aromatic N) is 2. The molecule has 0 N–H and O–H groups in total. The number of methoxy groups -OCH3 is 1. The van der Waals surface area contributed by atoms with Gasteiger partial charge in [-0.2, -0.15) is 0 Å². The summed E-state index contributed by atoms with van der Waals surface area (Å²) >= 11 is 7.73. The van der Waals surface area contributed by atoms with Crippen LogP contribution in [0.2, 0.25) is 5.02 Å². The van der Waals surface area contributed by atoms with Crippen LogP contribution < -0.4 is 14.9 Å². The van der Waals surface area contributed by atoms with Crippen molar-refractivity contribution in [2.24, 2.45) is 4.99 Å². The van der Waals surface area contributed by atoms with Crippen molar-refractivity contribution in [1.29, 1.82) is 0 Å². The fraction of sp³-hybridized carbons (Fsp3) is 0.125. The van der Waals surface area contributed by atoms with Gasteiger partial charge >= 0.3 is 5.97 Å². The molecule has 1 aliphatic heterocycles. The number of carbonyl (C=O) groups is 1. The molecule has 0 amide bonds. The van der Waals surface area contributed by atoms with Crippen LogP contribution in [0.1, 0.15) is 24.1 Å². The minimum absolute atomic E-state index is 0.236. The number of esters is 1. The predicted octanol–water partition coefficient (Wildman–Crippen LogP) is 3.73. The highest BCUT2D eigenvalue weighted by molar-refractivity contribution is 7.07. The third-order valence-electron chi connectivity index (χ3n) is 4.96. The number of aromatic nitrogens is 1. The molecule has 0 bridgehead atoms. The maximum Gasteiger partial charge on any atom is 0.338 e. The molecular weight excluding hydrogens is 432 g/mol. The number of halogens is 1. The second-order valence-electron chi connectivity index (χ2n) is 6.89. The zero-order valence-electron chi connectivity index (χ0n) is 16.9. The maximum absolute atomic E-state index is 13.3. The van der Waals surface area contributed by atoms with Crippen molar-refractivity contribution in [3.8, 4) is 0 Å². The number of fused-ring (bicyclic) bond motifs is 1. The fourth-order valence-corrected chi connectivity index (χ4v) is 4.75. The molecule has 1 atom stereocenters. The van der Waals surface area contributed by atoms with E-state index < -0.39 is 12.0 Å². The van der Waals surface area contributed by atoms with Crippen LogP contribution in [0.15, 0.2) is 81.7 Å². The summed E-state index contributed by atoms with van der Waals surface area (Å²) in [6.07, 6.45) is 5.52. The van der Waals surface area contributed by atoms with Crippen molar-refractivity contribution in [3.63, 3.8) is 0 Å². The molecule has 2 heterocycles. The third-order valence-corrected chi connectivity index (χ3v) is 6.31. The highest BCUT2D eigenvalue weighted by Crippen LogP contribution is 2.34. The van der Waals surface area contributed by atoms with Gasteiger partial charge < -0.3 is 4.74 Å². The van der Waals surface area contributed by atoms with Gasteiger partial charge in [-0.3, -0.25) is 9.36 Å². The Labute approximate surface area is 187 Å². The molecule has 0 fully saturated rings. The molecule has 31 heavy (non-hydrogen) atoms. The van der Waals surface area contributed by atoms with Crippen LogP contribution in [0.4, 0.5) is 0 Å². The van der Waals surface area contributed by atoms with Gasteiger partial charge in [-0.1, -0.05) is 83.6 Å². The van der Waals surface area contributed by atoms with E-state index in [0.29, 0.717) is 31.2 Å². The molecule has 0 radical (unpaired) electrons. The summed E-state index contributed by atoms with van der Waals surface area (Å²) in [5.41, 5.74) is 2.25. The molecule has 4 rings (SSSR count). The zero-order valence-corrected chi connectivity index (χ0v) is 18.5. The Bertz CT molecular complexity index is 1380. The van der Waals surface area contributed by atoms with Gasteiger partial charge in [0.15, 0.2) is 4.80 Å². The second-order valence-corrected chi connectivity index (χ2v) is 8.30. The standard InChI is InChI=1S/C24H19ClN2O3S/c1-15-20(23(29)30-2)21(17-12-6-7-13-18(17)25)27-22(28)19(31-24(27)26-15)14-8-11-16-9-4-3-5-10-16/h3-14,21H,1-2H3/b11-8+,19-14?. The Hall–Kier alpha value is -3.22. The van der Waals surface area contributed by atoms with Crippen molar-refractivity contribution < 1.29 is 9.53 Å². The van der Waals surface area contributed by atoms with Gasteiger partial charge in [0.25, 0.3) is 5.56 Å². The summed E-state index contributed by atoms with van der Waals surface area (Å²) in [6.45, 7) is 1.74. The molecule has 2 aromatic carbocycles. The number of benzene rings is 2. The quantitative estimate of drug-likeness (QED) is 0.569. The van der Waals surface area contributed by atoms with E-state index in [1.807, 2.05) is 48.6 Å². The molecule has 1 aromatic heterocycles. The molecule has 0 spiro atoms. The second kappa shape index (κ2) is 8.88. The SMILES string of the molecule is COC(=O)C1=C(C)N=c2sc(=C/C=C/c3ccccc3)c(=O)n2C1c1ccccc1Cl. The van der Waals surface area contributed by atoms with Gasteiger partial charge in [0.1, 0.15) is 6.04 Å². The molecule has 3 aromatic rings. The first kappa shape index (κ1) is 21.0. The summed E-state index contributed by atoms with van der Waals surface area (Å²) in [5.74, 6) is -0.538. The van der Waals surface area contributed by atoms with E-state index in [1.54, 1.807) is 31.2 Å². The molecule has 1 aliphatic rings. The molecule has 7 heteroatoms. The average Bonchev–Trinajstić information content (AvgIpc) is 3.08. The molecule has 0 saturated carbocycles. The number of hydrogen-bond donors (Lipinski definition) is 0. The third kappa shape index (κ3) is 4.04. The van der Waals surface area contributed by atoms with Crippen molar-refractivity contribution in [1.82, 2.24) is 4.57 Å². The van der Waals surface area contributed by atoms with E-state index in [1.165, 1.54) is 23.0 Å². The van der Waals surface area contributed by atoms with Gasteiger partial charge in [-0.15, -0.1) is 0 Å². The highest BCUT2D eigenvalue weighted by atomic mass is 35.5. The smallest absolute Gasteiger partial charge is 0.338 e. The average molecular weight is 451 g/mol. The topological polar surface area (TPSA) is 60.7 Å². The number of ether oxygens (including phenoxy) is 1. The van der Waals surface area contributed by atoms with Crippen LogP contribution in [0.25, 0.3) is 12.2 Å². The summed E-state index contributed by atoms with van der Waals surface area (Å²) in [4.78, 5) is 31.0. The van der Waals surface area contributed by atoms with E-state index in [-0.39, 0.29) is 5.56 Å². The highest BCUT2D eigenvalue weighted by Gasteiger charge is 2.34. The summed E-state index contributed by atoms with van der Waals surface area (Å²) in [7, 11) is 1.31. The van der Waals surface area contributed by atoms with Gasteiger partial charge in [0, 0.05) is 5.02 Å². The van der Waals surface area contributed by atoms with Crippen LogP contribution in [-0.4, -0.2) is 17.6 Å². The maximum atomic E-state index is 13.3. The van der Waals surface area contributed by atoms with Gasteiger partial charge in [-0.05, 0) is 30.2 Å². The lowest BCUT2D eigenvalue weighted by Gasteiger charge is -2.25. The van der Waals surface area contributed by atoms with Crippen LogP contribution in [0.5, 0.6) is 0 Å². The van der Waals surface area contributed by atoms with Crippen LogP contribution in [0.3, 0.4) is 0 Å². The number of allylic oxidation sites excluding steroid dienone is 2. The Balaban J connectivity index is 1.90. The normalized spacial score (nSPS) is 16.4. The number of thiazole rings is 1. The minimum atomic E-state index is -0.711. The largest absolute Gasteiger partial charge is 0.466 e. The number of hydrogen-bond acceptors (Lipinski definition) is 5. The van der Waals surface area contributed by atoms with Crippen molar-refractivity contribution in [2.75, 3.05) is 7.11 Å². The lowest BCUT2D eigenvalue weighted by Crippen LogP contribution is -2.39. The molecule has 0 aliphatic carbocycles. The number of rotatable bonds is 4. The van der Waals surface area contributed by atoms with E-state index in [4.69, 9.17) is 16.3 Å². The Morgan fingerprint density at radius 3 is 2.58 bits per heavy atom. The van der Waals surface area contributed by atoms with E-state index in [9.17, 15) is 9.59 Å². The van der Waals surface area contributed by atoms with Crippen molar-refractivity contribution in [3.05, 3.63) is 108 Å². The van der Waals surface area contributed by atoms with Crippen LogP contribution in [0, 0.1) is 0 Å². The van der Waals surface area contributed by atoms with Crippen molar-refractivity contribution in [2.45, 2.75) is 13.0 Å². The van der Waals surface area contributed by atoms with E-state index >= 15 is 0 Å². The summed E-state index contributed by atoms with van der Waals surface area (Å²) < 4.78 is 7.03. The first-order valence-electron chi connectivity index (χ1n) is 9.58. The summed E-state index contributed by atoms with van der Waals surface area (Å²) in [6, 6.07) is 16.3. The first-order chi connectivity index (χ1) is 15.0. The Kier molecular flexibility index (Phi) is 6.02. The first-order valence-corrected chi connectivity index (χ1v) is 10.8. The van der Waals surface area contributed by atoms with Crippen LogP contribution >= 0.6 is 22.9 Å². The fourth-order valence-electron chi connectivity index (χ4n) is 3.51. The number of carbonyl (C=O) groups excluding carboxylic acids is 1. The molecule has 1 unspecified atom stereocenters. The van der Waals surface area contributed by atoms with Gasteiger partial charge in [-0.25, -0.2) is 9.79 Å². The Morgan fingerprint density at radius 2 is 1.87 bits per heavy atom. The molecule has 0 saturated heterocycles. The lowest BCUT2D eigenvalue weighted by atomic mass is 9.96. The lowest BCUT2D eigenvalue weighted by molar-refractivity contribution is -0.136. The molecule has 5 nitrogen and oxygen atoms in total. The minimum Gasteiger partial charge on any atom is -0.466 e. The monoisotopic (exact) mass is 450 g/mol. The van der Waals surface area contributed by atoms with Gasteiger partial charge in [0.05, 0.1) is 22.9 Å².